The van der Waals surface area contributed by atoms with E-state index in [0.29, 0.717) is 11.3 Å². The standard InChI is InChI=1S/C16H20FNOS/c1-4-8-18-16(13-10-20-9-11(13)2)12-6-5-7-14(19-3)15(12)17/h5-7,9-10,16,18H,4,8H2,1-3H3. The minimum atomic E-state index is -0.283. The van der Waals surface area contributed by atoms with Gasteiger partial charge in [-0.15, -0.1) is 0 Å². The van der Waals surface area contributed by atoms with Crippen LogP contribution in [0.25, 0.3) is 0 Å². The molecular weight excluding hydrogens is 273 g/mol. The number of thiophene rings is 1. The summed E-state index contributed by atoms with van der Waals surface area (Å²) in [4.78, 5) is 0. The van der Waals surface area contributed by atoms with E-state index in [0.717, 1.165) is 18.5 Å². The molecule has 1 aromatic heterocycles. The average Bonchev–Trinajstić information content (AvgIpc) is 2.87. The molecule has 0 spiro atoms. The zero-order chi connectivity index (χ0) is 14.5. The van der Waals surface area contributed by atoms with E-state index in [9.17, 15) is 4.39 Å². The zero-order valence-corrected chi connectivity index (χ0v) is 12.9. The van der Waals surface area contributed by atoms with Crippen molar-refractivity contribution >= 4 is 11.3 Å². The van der Waals surface area contributed by atoms with Crippen LogP contribution in [0.4, 0.5) is 4.39 Å². The van der Waals surface area contributed by atoms with Gasteiger partial charge in [0, 0.05) is 5.56 Å². The van der Waals surface area contributed by atoms with Gasteiger partial charge in [0.1, 0.15) is 0 Å². The molecule has 1 aromatic carbocycles. The third-order valence-electron chi connectivity index (χ3n) is 3.33. The Morgan fingerprint density at radius 3 is 2.70 bits per heavy atom. The van der Waals surface area contributed by atoms with Gasteiger partial charge in [-0.05, 0) is 47.8 Å². The van der Waals surface area contributed by atoms with E-state index in [1.165, 1.54) is 12.7 Å². The van der Waals surface area contributed by atoms with E-state index in [2.05, 4.69) is 29.9 Å². The second-order valence-corrected chi connectivity index (χ2v) is 5.50. The number of hydrogen-bond acceptors (Lipinski definition) is 3. The summed E-state index contributed by atoms with van der Waals surface area (Å²) >= 11 is 1.64. The first-order valence-corrected chi connectivity index (χ1v) is 7.71. The van der Waals surface area contributed by atoms with Crippen LogP contribution in [0.15, 0.2) is 29.0 Å². The number of aryl methyl sites for hydroxylation is 1. The highest BCUT2D eigenvalue weighted by atomic mass is 32.1. The van der Waals surface area contributed by atoms with Gasteiger partial charge in [0.15, 0.2) is 11.6 Å². The molecule has 108 valence electrons. The first-order valence-electron chi connectivity index (χ1n) is 6.77. The van der Waals surface area contributed by atoms with Crippen LogP contribution in [0.2, 0.25) is 0 Å². The van der Waals surface area contributed by atoms with Crippen molar-refractivity contribution in [2.45, 2.75) is 26.3 Å². The van der Waals surface area contributed by atoms with Gasteiger partial charge in [0.25, 0.3) is 0 Å². The largest absolute Gasteiger partial charge is 0.494 e. The molecule has 0 fully saturated rings. The summed E-state index contributed by atoms with van der Waals surface area (Å²) in [5.74, 6) is 0.00730. The van der Waals surface area contributed by atoms with Gasteiger partial charge < -0.3 is 10.1 Å². The summed E-state index contributed by atoms with van der Waals surface area (Å²) in [5, 5.41) is 7.61. The predicted molar refractivity (Wildman–Crippen MR) is 82.1 cm³/mol. The van der Waals surface area contributed by atoms with Crippen LogP contribution >= 0.6 is 11.3 Å². The molecule has 1 heterocycles. The first kappa shape index (κ1) is 15.0. The topological polar surface area (TPSA) is 21.3 Å². The molecule has 2 rings (SSSR count). The van der Waals surface area contributed by atoms with Gasteiger partial charge >= 0.3 is 0 Å². The van der Waals surface area contributed by atoms with Crippen molar-refractivity contribution in [3.8, 4) is 5.75 Å². The molecule has 0 bridgehead atoms. The highest BCUT2D eigenvalue weighted by Crippen LogP contribution is 2.32. The number of ether oxygens (including phenoxy) is 1. The average molecular weight is 293 g/mol. The minimum absolute atomic E-state index is 0.128. The molecule has 1 atom stereocenters. The Morgan fingerprint density at radius 1 is 1.30 bits per heavy atom. The number of halogens is 1. The van der Waals surface area contributed by atoms with Gasteiger partial charge in [0.2, 0.25) is 0 Å². The molecule has 0 aliphatic heterocycles. The molecule has 2 nitrogen and oxygen atoms in total. The predicted octanol–water partition coefficient (Wildman–Crippen LogP) is 4.29. The van der Waals surface area contributed by atoms with Gasteiger partial charge in [-0.1, -0.05) is 19.1 Å². The highest BCUT2D eigenvalue weighted by molar-refractivity contribution is 7.08. The number of hydrogen-bond donors (Lipinski definition) is 1. The van der Waals surface area contributed by atoms with Gasteiger partial charge in [-0.25, -0.2) is 4.39 Å². The van der Waals surface area contributed by atoms with Crippen LogP contribution in [-0.2, 0) is 0 Å². The molecule has 2 aromatic rings. The molecule has 0 amide bonds. The van der Waals surface area contributed by atoms with Crippen molar-refractivity contribution in [1.82, 2.24) is 5.32 Å². The van der Waals surface area contributed by atoms with Crippen molar-refractivity contribution in [2.24, 2.45) is 0 Å². The third-order valence-corrected chi connectivity index (χ3v) is 4.21. The lowest BCUT2D eigenvalue weighted by molar-refractivity contribution is 0.381. The summed E-state index contributed by atoms with van der Waals surface area (Å²) in [7, 11) is 1.49. The fraction of sp³-hybridized carbons (Fsp3) is 0.375. The maximum atomic E-state index is 14.5. The summed E-state index contributed by atoms with van der Waals surface area (Å²) in [5.41, 5.74) is 2.96. The second-order valence-electron chi connectivity index (χ2n) is 4.76. The van der Waals surface area contributed by atoms with E-state index >= 15 is 0 Å². The molecule has 1 unspecified atom stereocenters. The maximum Gasteiger partial charge on any atom is 0.170 e. The molecular formula is C16H20FNOS. The van der Waals surface area contributed by atoms with E-state index in [4.69, 9.17) is 4.74 Å². The maximum absolute atomic E-state index is 14.5. The first-order chi connectivity index (χ1) is 9.69. The van der Waals surface area contributed by atoms with Crippen molar-refractivity contribution in [1.29, 1.82) is 0 Å². The van der Waals surface area contributed by atoms with E-state index < -0.39 is 0 Å². The van der Waals surface area contributed by atoms with Crippen molar-refractivity contribution in [3.63, 3.8) is 0 Å². The molecule has 0 aliphatic carbocycles. The SMILES string of the molecule is CCCNC(c1cscc1C)c1cccc(OC)c1F. The summed E-state index contributed by atoms with van der Waals surface area (Å²) in [6.45, 7) is 5.01. The van der Waals surface area contributed by atoms with Gasteiger partial charge in [-0.3, -0.25) is 0 Å². The van der Waals surface area contributed by atoms with Crippen molar-refractivity contribution in [3.05, 3.63) is 51.5 Å². The molecule has 0 saturated carbocycles. The number of nitrogens with one attached hydrogen (secondary N) is 1. The lowest BCUT2D eigenvalue weighted by Gasteiger charge is -2.21. The van der Waals surface area contributed by atoms with Crippen LogP contribution < -0.4 is 10.1 Å². The second kappa shape index (κ2) is 6.86. The normalized spacial score (nSPS) is 12.4. The van der Waals surface area contributed by atoms with E-state index in [1.54, 1.807) is 17.4 Å². The van der Waals surface area contributed by atoms with Crippen LogP contribution in [-0.4, -0.2) is 13.7 Å². The monoisotopic (exact) mass is 293 g/mol. The van der Waals surface area contributed by atoms with Crippen molar-refractivity contribution < 1.29 is 9.13 Å². The van der Waals surface area contributed by atoms with E-state index in [1.807, 2.05) is 12.1 Å². The Labute approximate surface area is 123 Å². The van der Waals surface area contributed by atoms with Crippen molar-refractivity contribution in [2.75, 3.05) is 13.7 Å². The van der Waals surface area contributed by atoms with Gasteiger partial charge in [0.05, 0.1) is 13.2 Å². The number of rotatable bonds is 6. The zero-order valence-electron chi connectivity index (χ0n) is 12.1. The fourth-order valence-corrected chi connectivity index (χ4v) is 3.13. The molecule has 0 radical (unpaired) electrons. The summed E-state index contributed by atoms with van der Waals surface area (Å²) < 4.78 is 19.6. The number of methoxy groups -OCH3 is 1. The summed E-state index contributed by atoms with van der Waals surface area (Å²) in [6.07, 6.45) is 1.01. The van der Waals surface area contributed by atoms with Gasteiger partial charge in [-0.2, -0.15) is 11.3 Å². The Balaban J connectivity index is 2.44. The fourth-order valence-electron chi connectivity index (χ4n) is 2.25. The Kier molecular flexibility index (Phi) is 5.15. The Morgan fingerprint density at radius 2 is 2.10 bits per heavy atom. The quantitative estimate of drug-likeness (QED) is 0.857. The van der Waals surface area contributed by atoms with E-state index in [-0.39, 0.29) is 11.9 Å². The lowest BCUT2D eigenvalue weighted by Crippen LogP contribution is -2.24. The highest BCUT2D eigenvalue weighted by Gasteiger charge is 2.21. The molecule has 0 aliphatic rings. The number of benzene rings is 1. The molecule has 20 heavy (non-hydrogen) atoms. The smallest absolute Gasteiger partial charge is 0.170 e. The summed E-state index contributed by atoms with van der Waals surface area (Å²) in [6, 6.07) is 5.18. The van der Waals surface area contributed by atoms with Crippen LogP contribution in [0.5, 0.6) is 5.75 Å². The Hall–Kier alpha value is -1.39. The molecule has 0 saturated heterocycles. The van der Waals surface area contributed by atoms with Crippen LogP contribution in [0.1, 0.15) is 36.1 Å². The molecule has 4 heteroatoms. The van der Waals surface area contributed by atoms with Crippen LogP contribution in [0.3, 0.4) is 0 Å². The molecule has 1 N–H and O–H groups in total. The minimum Gasteiger partial charge on any atom is -0.494 e. The third kappa shape index (κ3) is 3.02. The van der Waals surface area contributed by atoms with Crippen LogP contribution in [0, 0.1) is 12.7 Å². The Bertz CT molecular complexity index is 567. The lowest BCUT2D eigenvalue weighted by atomic mass is 9.97.